The van der Waals surface area contributed by atoms with Crippen LogP contribution in [-0.2, 0) is 10.8 Å². The SMILES string of the molecule is CC(CN)CS(=O)c1cccc(F)c1. The Morgan fingerprint density at radius 2 is 2.29 bits per heavy atom. The molecule has 1 rings (SSSR count). The van der Waals surface area contributed by atoms with Crippen LogP contribution in [0.1, 0.15) is 6.92 Å². The van der Waals surface area contributed by atoms with Crippen molar-refractivity contribution in [2.45, 2.75) is 11.8 Å². The number of nitrogens with two attached hydrogens (primary N) is 1. The Morgan fingerprint density at radius 3 is 2.86 bits per heavy atom. The summed E-state index contributed by atoms with van der Waals surface area (Å²) in [6.07, 6.45) is 0. The number of halogens is 1. The molecule has 1 aromatic rings. The fraction of sp³-hybridized carbons (Fsp3) is 0.400. The first kappa shape index (κ1) is 11.3. The molecular weight excluding hydrogens is 201 g/mol. The third-order valence-electron chi connectivity index (χ3n) is 1.90. The predicted octanol–water partition coefficient (Wildman–Crippen LogP) is 1.53. The lowest BCUT2D eigenvalue weighted by molar-refractivity contribution is 0.620. The minimum atomic E-state index is -1.14. The zero-order chi connectivity index (χ0) is 10.6. The average Bonchev–Trinajstić information content (AvgIpc) is 2.17. The summed E-state index contributed by atoms with van der Waals surface area (Å²) in [7, 11) is -1.14. The molecule has 0 aliphatic rings. The van der Waals surface area contributed by atoms with E-state index in [1.54, 1.807) is 12.1 Å². The van der Waals surface area contributed by atoms with Crippen molar-refractivity contribution in [3.05, 3.63) is 30.1 Å². The highest BCUT2D eigenvalue weighted by atomic mass is 32.2. The highest BCUT2D eigenvalue weighted by molar-refractivity contribution is 7.85. The fourth-order valence-electron chi connectivity index (χ4n) is 1.03. The van der Waals surface area contributed by atoms with Crippen LogP contribution in [0.25, 0.3) is 0 Å². The summed E-state index contributed by atoms with van der Waals surface area (Å²) in [5.74, 6) is 0.329. The van der Waals surface area contributed by atoms with E-state index in [9.17, 15) is 8.60 Å². The van der Waals surface area contributed by atoms with Crippen molar-refractivity contribution in [3.8, 4) is 0 Å². The van der Waals surface area contributed by atoms with E-state index in [1.807, 2.05) is 6.92 Å². The van der Waals surface area contributed by atoms with Crippen LogP contribution < -0.4 is 5.73 Å². The van der Waals surface area contributed by atoms with E-state index in [2.05, 4.69) is 0 Å². The lowest BCUT2D eigenvalue weighted by Crippen LogP contribution is -2.17. The van der Waals surface area contributed by atoms with Crippen molar-refractivity contribution in [2.75, 3.05) is 12.3 Å². The van der Waals surface area contributed by atoms with E-state index >= 15 is 0 Å². The van der Waals surface area contributed by atoms with Crippen LogP contribution in [0.5, 0.6) is 0 Å². The second kappa shape index (κ2) is 5.22. The Morgan fingerprint density at radius 1 is 1.57 bits per heavy atom. The molecule has 0 heterocycles. The van der Waals surface area contributed by atoms with E-state index < -0.39 is 10.8 Å². The summed E-state index contributed by atoms with van der Waals surface area (Å²) in [4.78, 5) is 0.533. The van der Waals surface area contributed by atoms with E-state index in [4.69, 9.17) is 5.73 Å². The van der Waals surface area contributed by atoms with Gasteiger partial charge in [0.2, 0.25) is 0 Å². The molecule has 2 N–H and O–H groups in total. The van der Waals surface area contributed by atoms with Gasteiger partial charge in [-0.05, 0) is 30.7 Å². The van der Waals surface area contributed by atoms with E-state index in [0.29, 0.717) is 17.2 Å². The second-order valence-corrected chi connectivity index (χ2v) is 4.81. The maximum Gasteiger partial charge on any atom is 0.124 e. The molecule has 0 aliphatic heterocycles. The summed E-state index contributed by atoms with van der Waals surface area (Å²) in [6, 6.07) is 5.88. The van der Waals surface area contributed by atoms with Crippen molar-refractivity contribution in [1.29, 1.82) is 0 Å². The topological polar surface area (TPSA) is 43.1 Å². The van der Waals surface area contributed by atoms with Crippen LogP contribution in [0.15, 0.2) is 29.2 Å². The molecule has 0 radical (unpaired) electrons. The van der Waals surface area contributed by atoms with Crippen molar-refractivity contribution in [2.24, 2.45) is 11.7 Å². The molecule has 78 valence electrons. The first-order valence-corrected chi connectivity index (χ1v) is 5.79. The van der Waals surface area contributed by atoms with Gasteiger partial charge in [0.15, 0.2) is 0 Å². The molecule has 0 fully saturated rings. The molecule has 0 saturated carbocycles. The standard InChI is InChI=1S/C10H14FNOS/c1-8(6-12)7-14(13)10-4-2-3-9(11)5-10/h2-5,8H,6-7,12H2,1H3. The summed E-state index contributed by atoms with van der Waals surface area (Å²) >= 11 is 0. The van der Waals surface area contributed by atoms with Gasteiger partial charge in [0, 0.05) is 10.6 Å². The predicted molar refractivity (Wildman–Crippen MR) is 55.9 cm³/mol. The molecule has 1 aromatic carbocycles. The minimum Gasteiger partial charge on any atom is -0.330 e. The lowest BCUT2D eigenvalue weighted by atomic mass is 10.2. The quantitative estimate of drug-likeness (QED) is 0.827. The molecule has 0 saturated heterocycles. The van der Waals surface area contributed by atoms with Gasteiger partial charge in [0.05, 0.1) is 10.8 Å². The van der Waals surface area contributed by atoms with Crippen molar-refractivity contribution in [3.63, 3.8) is 0 Å². The second-order valence-electron chi connectivity index (χ2n) is 3.31. The highest BCUT2D eigenvalue weighted by Gasteiger charge is 2.08. The molecule has 0 amide bonds. The third-order valence-corrected chi connectivity index (χ3v) is 3.55. The van der Waals surface area contributed by atoms with Gasteiger partial charge in [-0.3, -0.25) is 4.21 Å². The Labute approximate surface area is 85.8 Å². The van der Waals surface area contributed by atoms with Gasteiger partial charge in [0.1, 0.15) is 5.82 Å². The lowest BCUT2D eigenvalue weighted by Gasteiger charge is -2.07. The Kier molecular flexibility index (Phi) is 4.22. The van der Waals surface area contributed by atoms with Crippen molar-refractivity contribution in [1.82, 2.24) is 0 Å². The Balaban J connectivity index is 2.70. The smallest absolute Gasteiger partial charge is 0.124 e. The third kappa shape index (κ3) is 3.20. The van der Waals surface area contributed by atoms with Gasteiger partial charge in [-0.15, -0.1) is 0 Å². The van der Waals surface area contributed by atoms with Crippen molar-refractivity contribution < 1.29 is 8.60 Å². The van der Waals surface area contributed by atoms with E-state index in [-0.39, 0.29) is 11.7 Å². The van der Waals surface area contributed by atoms with Gasteiger partial charge < -0.3 is 5.73 Å². The molecule has 0 aliphatic carbocycles. The summed E-state index contributed by atoms with van der Waals surface area (Å²) in [5.41, 5.74) is 5.42. The molecular formula is C10H14FNOS. The zero-order valence-corrected chi connectivity index (χ0v) is 8.89. The highest BCUT2D eigenvalue weighted by Crippen LogP contribution is 2.11. The average molecular weight is 215 g/mol. The van der Waals surface area contributed by atoms with Crippen LogP contribution in [0.2, 0.25) is 0 Å². The first-order chi connectivity index (χ1) is 6.63. The normalized spacial score (nSPS) is 15.1. The van der Waals surface area contributed by atoms with Gasteiger partial charge in [-0.25, -0.2) is 4.39 Å². The van der Waals surface area contributed by atoms with Crippen LogP contribution in [0.3, 0.4) is 0 Å². The summed E-state index contributed by atoms with van der Waals surface area (Å²) in [6.45, 7) is 2.43. The maximum atomic E-state index is 12.8. The molecule has 2 nitrogen and oxygen atoms in total. The van der Waals surface area contributed by atoms with Crippen LogP contribution in [0.4, 0.5) is 4.39 Å². The van der Waals surface area contributed by atoms with Crippen LogP contribution in [-0.4, -0.2) is 16.5 Å². The Hall–Kier alpha value is -0.740. The zero-order valence-electron chi connectivity index (χ0n) is 8.07. The molecule has 2 unspecified atom stereocenters. The largest absolute Gasteiger partial charge is 0.330 e. The summed E-state index contributed by atoms with van der Waals surface area (Å²) in [5, 5.41) is 0. The number of hydrogen-bond donors (Lipinski definition) is 1. The van der Waals surface area contributed by atoms with Gasteiger partial charge in [-0.2, -0.15) is 0 Å². The van der Waals surface area contributed by atoms with Gasteiger partial charge >= 0.3 is 0 Å². The van der Waals surface area contributed by atoms with E-state index in [0.717, 1.165) is 0 Å². The van der Waals surface area contributed by atoms with Crippen LogP contribution >= 0.6 is 0 Å². The Bertz CT molecular complexity index is 330. The number of benzene rings is 1. The first-order valence-electron chi connectivity index (χ1n) is 4.47. The van der Waals surface area contributed by atoms with Crippen molar-refractivity contribution >= 4 is 10.8 Å². The molecule has 4 heteroatoms. The molecule has 2 atom stereocenters. The summed E-state index contributed by atoms with van der Waals surface area (Å²) < 4.78 is 24.4. The minimum absolute atomic E-state index is 0.194. The molecule has 0 spiro atoms. The number of hydrogen-bond acceptors (Lipinski definition) is 2. The van der Waals surface area contributed by atoms with Gasteiger partial charge in [0.25, 0.3) is 0 Å². The maximum absolute atomic E-state index is 12.8. The van der Waals surface area contributed by atoms with Crippen LogP contribution in [0, 0.1) is 11.7 Å². The molecule has 0 bridgehead atoms. The van der Waals surface area contributed by atoms with Gasteiger partial charge in [-0.1, -0.05) is 13.0 Å². The fourth-order valence-corrected chi connectivity index (χ4v) is 2.35. The van der Waals surface area contributed by atoms with E-state index in [1.165, 1.54) is 12.1 Å². The molecule has 0 aromatic heterocycles. The monoisotopic (exact) mass is 215 g/mol. The molecule has 14 heavy (non-hydrogen) atoms. The number of rotatable bonds is 4.